The van der Waals surface area contributed by atoms with E-state index in [9.17, 15) is 9.59 Å². The van der Waals surface area contributed by atoms with Gasteiger partial charge in [0.15, 0.2) is 0 Å². The van der Waals surface area contributed by atoms with Gasteiger partial charge in [0.2, 0.25) is 11.8 Å². The number of hydrogen-bond donors (Lipinski definition) is 2. The molecule has 0 aliphatic carbocycles. The number of benzene rings is 2. The second-order valence-corrected chi connectivity index (χ2v) is 7.84. The van der Waals surface area contributed by atoms with Crippen LogP contribution in [0.25, 0.3) is 0 Å². The van der Waals surface area contributed by atoms with Crippen molar-refractivity contribution in [2.45, 2.75) is 11.8 Å². The van der Waals surface area contributed by atoms with Gasteiger partial charge in [-0.05, 0) is 50.4 Å². The maximum Gasteiger partial charge on any atom is 0.238 e. The highest BCUT2D eigenvalue weighted by atomic mass is 35.5. The average Bonchev–Trinajstić information content (AvgIpc) is 2.62. The Morgan fingerprint density at radius 3 is 2.30 bits per heavy atom. The van der Waals surface area contributed by atoms with Crippen LogP contribution in [0.5, 0.6) is 0 Å². The van der Waals surface area contributed by atoms with E-state index in [0.29, 0.717) is 17.3 Å². The molecule has 0 saturated carbocycles. The molecule has 0 saturated heterocycles. The van der Waals surface area contributed by atoms with Gasteiger partial charge < -0.3 is 10.6 Å². The van der Waals surface area contributed by atoms with Gasteiger partial charge in [-0.1, -0.05) is 29.3 Å². The first kappa shape index (κ1) is 21.3. The van der Waals surface area contributed by atoms with Gasteiger partial charge in [0.25, 0.3) is 0 Å². The third kappa shape index (κ3) is 8.47. The van der Waals surface area contributed by atoms with Crippen LogP contribution in [0.3, 0.4) is 0 Å². The van der Waals surface area contributed by atoms with Gasteiger partial charge in [-0.25, -0.2) is 0 Å². The fourth-order valence-corrected chi connectivity index (χ4v) is 3.22. The van der Waals surface area contributed by atoms with Crippen molar-refractivity contribution in [1.82, 2.24) is 10.2 Å². The molecule has 27 heavy (non-hydrogen) atoms. The van der Waals surface area contributed by atoms with E-state index >= 15 is 0 Å². The Balaban J connectivity index is 1.62. The number of carbonyl (C=O) groups excluding carboxylic acids is 2. The molecule has 0 aromatic heterocycles. The summed E-state index contributed by atoms with van der Waals surface area (Å²) in [6.45, 7) is 2.94. The molecule has 0 heterocycles. The summed E-state index contributed by atoms with van der Waals surface area (Å²) in [6.07, 6.45) is 0. The number of amides is 2. The van der Waals surface area contributed by atoms with Crippen LogP contribution in [0.4, 0.5) is 5.69 Å². The molecule has 0 aliphatic heterocycles. The van der Waals surface area contributed by atoms with E-state index in [-0.39, 0.29) is 24.9 Å². The molecule has 0 bridgehead atoms. The lowest BCUT2D eigenvalue weighted by molar-refractivity contribution is -0.122. The summed E-state index contributed by atoms with van der Waals surface area (Å²) in [5.41, 5.74) is 1.91. The second kappa shape index (κ2) is 11.0. The molecule has 5 nitrogen and oxygen atoms in total. The summed E-state index contributed by atoms with van der Waals surface area (Å²) in [4.78, 5) is 26.8. The molecule has 2 N–H and O–H groups in total. The minimum atomic E-state index is -0.178. The quantitative estimate of drug-likeness (QED) is 0.495. The normalized spacial score (nSPS) is 10.7. The van der Waals surface area contributed by atoms with Gasteiger partial charge in [0.05, 0.1) is 13.1 Å². The predicted molar refractivity (Wildman–Crippen MR) is 112 cm³/mol. The monoisotopic (exact) mass is 405 g/mol. The molecule has 2 amide bonds. The highest BCUT2D eigenvalue weighted by Gasteiger charge is 2.10. The number of rotatable bonds is 9. The van der Waals surface area contributed by atoms with Crippen molar-refractivity contribution in [3.05, 3.63) is 59.1 Å². The van der Waals surface area contributed by atoms with E-state index in [2.05, 4.69) is 41.8 Å². The van der Waals surface area contributed by atoms with Crippen LogP contribution in [-0.4, -0.2) is 49.1 Å². The Bertz CT molecular complexity index is 751. The first-order valence-corrected chi connectivity index (χ1v) is 9.99. The zero-order chi connectivity index (χ0) is 19.6. The Morgan fingerprint density at radius 2 is 1.63 bits per heavy atom. The third-order valence-corrected chi connectivity index (χ3v) is 4.93. The van der Waals surface area contributed by atoms with Crippen LogP contribution < -0.4 is 10.6 Å². The van der Waals surface area contributed by atoms with Crippen LogP contribution in [0, 0.1) is 6.92 Å². The molecule has 7 heteroatoms. The van der Waals surface area contributed by atoms with Gasteiger partial charge >= 0.3 is 0 Å². The largest absolute Gasteiger partial charge is 0.354 e. The standard InChI is InChI=1S/C20H24ClN3O2S/c1-15-3-9-18(10-4-15)27-12-11-22-19(25)13-24(2)14-20(26)23-17-7-5-16(21)6-8-17/h3-10H,11-14H2,1-2H3,(H,22,25)(H,23,26). The summed E-state index contributed by atoms with van der Waals surface area (Å²) < 4.78 is 0. The molecule has 0 unspecified atom stereocenters. The van der Waals surface area contributed by atoms with Gasteiger partial charge in [0.1, 0.15) is 0 Å². The zero-order valence-corrected chi connectivity index (χ0v) is 17.1. The number of carbonyl (C=O) groups is 2. The van der Waals surface area contributed by atoms with Crippen LogP contribution in [0.1, 0.15) is 5.56 Å². The van der Waals surface area contributed by atoms with Crippen LogP contribution >= 0.6 is 23.4 Å². The fourth-order valence-electron chi connectivity index (χ4n) is 2.33. The van der Waals surface area contributed by atoms with Crippen LogP contribution in [0.15, 0.2) is 53.4 Å². The molecule has 0 radical (unpaired) electrons. The topological polar surface area (TPSA) is 61.4 Å². The Hall–Kier alpha value is -2.02. The van der Waals surface area contributed by atoms with E-state index in [4.69, 9.17) is 11.6 Å². The first-order chi connectivity index (χ1) is 12.9. The summed E-state index contributed by atoms with van der Waals surface area (Å²) in [6, 6.07) is 15.2. The number of nitrogens with one attached hydrogen (secondary N) is 2. The van der Waals surface area contributed by atoms with Gasteiger partial charge in [-0.3, -0.25) is 14.5 Å². The predicted octanol–water partition coefficient (Wildman–Crippen LogP) is 3.43. The summed E-state index contributed by atoms with van der Waals surface area (Å²) in [5.74, 6) is 0.527. The number of hydrogen-bond acceptors (Lipinski definition) is 4. The molecule has 0 spiro atoms. The average molecular weight is 406 g/mol. The molecule has 144 valence electrons. The Kier molecular flexibility index (Phi) is 8.64. The molecular weight excluding hydrogens is 382 g/mol. The lowest BCUT2D eigenvalue weighted by atomic mass is 10.2. The Labute approximate surface area is 169 Å². The lowest BCUT2D eigenvalue weighted by Crippen LogP contribution is -2.39. The number of anilines is 1. The van der Waals surface area contributed by atoms with Crippen LogP contribution in [0.2, 0.25) is 5.02 Å². The molecule has 0 fully saturated rings. The minimum absolute atomic E-state index is 0.0960. The fraction of sp³-hybridized carbons (Fsp3) is 0.300. The van der Waals surface area contributed by atoms with Crippen molar-refractivity contribution in [3.8, 4) is 0 Å². The number of likely N-dealkylation sites (N-methyl/N-ethyl adjacent to an activating group) is 1. The molecule has 2 aromatic carbocycles. The number of aryl methyl sites for hydroxylation is 1. The van der Waals surface area contributed by atoms with Crippen molar-refractivity contribution in [3.63, 3.8) is 0 Å². The van der Waals surface area contributed by atoms with Gasteiger partial charge in [-0.2, -0.15) is 0 Å². The SMILES string of the molecule is Cc1ccc(SCCNC(=O)CN(C)CC(=O)Nc2ccc(Cl)cc2)cc1. The number of halogens is 1. The number of thioether (sulfide) groups is 1. The van der Waals surface area contributed by atoms with E-state index < -0.39 is 0 Å². The second-order valence-electron chi connectivity index (χ2n) is 6.24. The molecular formula is C20H24ClN3O2S. The third-order valence-electron chi connectivity index (χ3n) is 3.67. The maximum atomic E-state index is 12.0. The molecule has 0 atom stereocenters. The maximum absolute atomic E-state index is 12.0. The van der Waals surface area contributed by atoms with Crippen molar-refractivity contribution in [2.75, 3.05) is 37.8 Å². The first-order valence-electron chi connectivity index (χ1n) is 8.62. The highest BCUT2D eigenvalue weighted by molar-refractivity contribution is 7.99. The molecule has 2 aromatic rings. The van der Waals surface area contributed by atoms with Gasteiger partial charge in [-0.15, -0.1) is 11.8 Å². The van der Waals surface area contributed by atoms with E-state index in [1.54, 1.807) is 48.0 Å². The van der Waals surface area contributed by atoms with Gasteiger partial charge in [0, 0.05) is 27.9 Å². The lowest BCUT2D eigenvalue weighted by Gasteiger charge is -2.16. The molecule has 2 rings (SSSR count). The highest BCUT2D eigenvalue weighted by Crippen LogP contribution is 2.17. The van der Waals surface area contributed by atoms with Crippen molar-refractivity contribution < 1.29 is 9.59 Å². The Morgan fingerprint density at radius 1 is 1.00 bits per heavy atom. The molecule has 0 aliphatic rings. The van der Waals surface area contributed by atoms with Crippen molar-refractivity contribution >= 4 is 40.9 Å². The summed E-state index contributed by atoms with van der Waals surface area (Å²) >= 11 is 7.52. The summed E-state index contributed by atoms with van der Waals surface area (Å²) in [5, 5.41) is 6.26. The van der Waals surface area contributed by atoms with E-state index in [1.165, 1.54) is 10.5 Å². The van der Waals surface area contributed by atoms with Crippen molar-refractivity contribution in [2.24, 2.45) is 0 Å². The van der Waals surface area contributed by atoms with Crippen LogP contribution in [-0.2, 0) is 9.59 Å². The zero-order valence-electron chi connectivity index (χ0n) is 15.5. The minimum Gasteiger partial charge on any atom is -0.354 e. The number of nitrogens with zero attached hydrogens (tertiary/aromatic N) is 1. The smallest absolute Gasteiger partial charge is 0.238 e. The van der Waals surface area contributed by atoms with E-state index in [1.807, 2.05) is 0 Å². The van der Waals surface area contributed by atoms with Crippen molar-refractivity contribution in [1.29, 1.82) is 0 Å². The van der Waals surface area contributed by atoms with E-state index in [0.717, 1.165) is 5.75 Å². The summed E-state index contributed by atoms with van der Waals surface area (Å²) in [7, 11) is 1.74.